The molecular weight excluding hydrogens is 284 g/mol. The lowest BCUT2D eigenvalue weighted by Crippen LogP contribution is -2.22. The zero-order valence-electron chi connectivity index (χ0n) is 12.4. The molecule has 0 unspecified atom stereocenters. The van der Waals surface area contributed by atoms with Crippen LogP contribution in [0.25, 0.3) is 0 Å². The van der Waals surface area contributed by atoms with Crippen LogP contribution in [0.4, 0.5) is 0 Å². The van der Waals surface area contributed by atoms with Gasteiger partial charge in [0.05, 0.1) is 6.04 Å². The van der Waals surface area contributed by atoms with Gasteiger partial charge in [0.25, 0.3) is 0 Å². The van der Waals surface area contributed by atoms with Crippen molar-refractivity contribution in [3.8, 4) is 0 Å². The van der Waals surface area contributed by atoms with Gasteiger partial charge < -0.3 is 4.52 Å². The highest BCUT2D eigenvalue weighted by molar-refractivity contribution is 6.30. The summed E-state index contributed by atoms with van der Waals surface area (Å²) in [5.41, 5.74) is 2.38. The first-order valence-corrected chi connectivity index (χ1v) is 8.08. The Hall–Kier alpha value is -1.32. The second-order valence-corrected chi connectivity index (χ2v) is 6.16. The first kappa shape index (κ1) is 14.6. The summed E-state index contributed by atoms with van der Waals surface area (Å²) in [5, 5.41) is 5.07. The van der Waals surface area contributed by atoms with Crippen molar-refractivity contribution in [3.63, 3.8) is 0 Å². The molecule has 1 aliphatic heterocycles. The van der Waals surface area contributed by atoms with E-state index in [2.05, 4.69) is 35.2 Å². The van der Waals surface area contributed by atoms with E-state index in [1.165, 1.54) is 12.0 Å². The predicted octanol–water partition coefficient (Wildman–Crippen LogP) is 4.62. The third-order valence-electron chi connectivity index (χ3n) is 4.08. The molecule has 1 saturated heterocycles. The Morgan fingerprint density at radius 2 is 2.14 bits per heavy atom. The van der Waals surface area contributed by atoms with Crippen molar-refractivity contribution in [1.82, 2.24) is 10.1 Å². The van der Waals surface area contributed by atoms with Gasteiger partial charge in [-0.3, -0.25) is 4.90 Å². The van der Waals surface area contributed by atoms with E-state index >= 15 is 0 Å². The zero-order chi connectivity index (χ0) is 14.7. The van der Waals surface area contributed by atoms with Crippen LogP contribution >= 0.6 is 11.6 Å². The first-order chi connectivity index (χ1) is 10.3. The van der Waals surface area contributed by atoms with Crippen LogP contribution in [0.1, 0.15) is 49.2 Å². The van der Waals surface area contributed by atoms with Crippen LogP contribution in [-0.2, 0) is 13.0 Å². The zero-order valence-corrected chi connectivity index (χ0v) is 13.1. The van der Waals surface area contributed by atoms with Crippen LogP contribution in [0.2, 0.25) is 5.02 Å². The number of likely N-dealkylation sites (tertiary alicyclic amines) is 1. The molecule has 1 aromatic carbocycles. The molecule has 4 heteroatoms. The van der Waals surface area contributed by atoms with E-state index in [1.54, 1.807) is 0 Å². The number of nitrogens with zero attached hydrogens (tertiary/aromatic N) is 2. The normalized spacial score (nSPS) is 19.2. The Bertz CT molecular complexity index is 579. The van der Waals surface area contributed by atoms with E-state index < -0.39 is 0 Å². The molecule has 0 spiro atoms. The topological polar surface area (TPSA) is 29.3 Å². The van der Waals surface area contributed by atoms with E-state index in [0.29, 0.717) is 6.04 Å². The summed E-state index contributed by atoms with van der Waals surface area (Å²) in [7, 11) is 0. The third-order valence-corrected chi connectivity index (χ3v) is 4.33. The van der Waals surface area contributed by atoms with Crippen LogP contribution in [0.3, 0.4) is 0 Å². The molecule has 0 amide bonds. The number of hydrogen-bond donors (Lipinski definition) is 0. The lowest BCUT2D eigenvalue weighted by molar-refractivity contribution is 0.236. The Morgan fingerprint density at radius 3 is 2.90 bits per heavy atom. The lowest BCUT2D eigenvalue weighted by atomic mass is 10.1. The van der Waals surface area contributed by atoms with E-state index in [4.69, 9.17) is 16.1 Å². The van der Waals surface area contributed by atoms with Crippen LogP contribution in [0.5, 0.6) is 0 Å². The second kappa shape index (κ2) is 6.63. The number of aromatic nitrogens is 1. The molecular formula is C17H21ClN2O. The van der Waals surface area contributed by atoms with Gasteiger partial charge in [-0.1, -0.05) is 35.8 Å². The molecule has 0 saturated carbocycles. The second-order valence-electron chi connectivity index (χ2n) is 5.72. The molecule has 21 heavy (non-hydrogen) atoms. The molecule has 1 fully saturated rings. The van der Waals surface area contributed by atoms with Crippen LogP contribution in [0, 0.1) is 0 Å². The standard InChI is InChI=1S/C17H21ClN2O/c1-2-4-15-11-16(19-21-15)17-5-3-10-20(17)12-13-6-8-14(18)9-7-13/h6-9,11,17H,2-5,10,12H2,1H3/t17-/m1/s1. The molecule has 0 radical (unpaired) electrons. The van der Waals surface area contributed by atoms with Gasteiger partial charge in [-0.2, -0.15) is 0 Å². The van der Waals surface area contributed by atoms with Gasteiger partial charge in [0.2, 0.25) is 0 Å². The number of halogens is 1. The lowest BCUT2D eigenvalue weighted by Gasteiger charge is -2.22. The van der Waals surface area contributed by atoms with Crippen molar-refractivity contribution in [3.05, 3.63) is 52.4 Å². The van der Waals surface area contributed by atoms with Crippen molar-refractivity contribution in [1.29, 1.82) is 0 Å². The van der Waals surface area contributed by atoms with Gasteiger partial charge in [-0.05, 0) is 43.5 Å². The smallest absolute Gasteiger partial charge is 0.137 e. The van der Waals surface area contributed by atoms with Gasteiger partial charge in [0.15, 0.2) is 0 Å². The van der Waals surface area contributed by atoms with E-state index in [-0.39, 0.29) is 0 Å². The Labute approximate surface area is 130 Å². The maximum absolute atomic E-state index is 5.95. The number of rotatable bonds is 5. The van der Waals surface area contributed by atoms with Gasteiger partial charge in [0, 0.05) is 24.1 Å². The Balaban J connectivity index is 1.70. The number of hydrogen-bond acceptors (Lipinski definition) is 3. The number of benzene rings is 1. The molecule has 3 rings (SSSR count). The van der Waals surface area contributed by atoms with Crippen LogP contribution < -0.4 is 0 Å². The first-order valence-electron chi connectivity index (χ1n) is 7.70. The molecule has 3 nitrogen and oxygen atoms in total. The summed E-state index contributed by atoms with van der Waals surface area (Å²) in [6.07, 6.45) is 4.44. The monoisotopic (exact) mass is 304 g/mol. The fourth-order valence-electron chi connectivity index (χ4n) is 3.02. The highest BCUT2D eigenvalue weighted by Gasteiger charge is 2.28. The molecule has 2 aromatic rings. The maximum Gasteiger partial charge on any atom is 0.137 e. The maximum atomic E-state index is 5.95. The largest absolute Gasteiger partial charge is 0.361 e. The molecule has 112 valence electrons. The average Bonchev–Trinajstić information content (AvgIpc) is 3.11. The van der Waals surface area contributed by atoms with E-state index in [9.17, 15) is 0 Å². The predicted molar refractivity (Wildman–Crippen MR) is 84.3 cm³/mol. The molecule has 2 heterocycles. The van der Waals surface area contributed by atoms with Crippen molar-refractivity contribution in [2.75, 3.05) is 6.54 Å². The van der Waals surface area contributed by atoms with E-state index in [1.807, 2.05) is 12.1 Å². The summed E-state index contributed by atoms with van der Waals surface area (Å²) < 4.78 is 5.44. The highest BCUT2D eigenvalue weighted by Crippen LogP contribution is 2.33. The van der Waals surface area contributed by atoms with Crippen molar-refractivity contribution < 1.29 is 4.52 Å². The minimum absolute atomic E-state index is 0.384. The average molecular weight is 305 g/mol. The molecule has 0 bridgehead atoms. The minimum Gasteiger partial charge on any atom is -0.361 e. The summed E-state index contributed by atoms with van der Waals surface area (Å²) in [5.74, 6) is 1.01. The minimum atomic E-state index is 0.384. The highest BCUT2D eigenvalue weighted by atomic mass is 35.5. The third kappa shape index (κ3) is 3.47. The quantitative estimate of drug-likeness (QED) is 0.807. The SMILES string of the molecule is CCCc1cc([C@H]2CCCN2Cc2ccc(Cl)cc2)no1. The Morgan fingerprint density at radius 1 is 1.33 bits per heavy atom. The van der Waals surface area contributed by atoms with Crippen molar-refractivity contribution >= 4 is 11.6 Å². The van der Waals surface area contributed by atoms with Crippen molar-refractivity contribution in [2.45, 2.75) is 45.2 Å². The van der Waals surface area contributed by atoms with Crippen molar-refractivity contribution in [2.24, 2.45) is 0 Å². The fraction of sp³-hybridized carbons (Fsp3) is 0.471. The van der Waals surface area contributed by atoms with E-state index in [0.717, 1.165) is 48.8 Å². The van der Waals surface area contributed by atoms with Gasteiger partial charge in [-0.25, -0.2) is 0 Å². The molecule has 0 aliphatic carbocycles. The Kier molecular flexibility index (Phi) is 4.61. The molecule has 1 atom stereocenters. The van der Waals surface area contributed by atoms with Crippen LogP contribution in [0.15, 0.2) is 34.9 Å². The van der Waals surface area contributed by atoms with Gasteiger partial charge in [0.1, 0.15) is 11.5 Å². The summed E-state index contributed by atoms with van der Waals surface area (Å²) >= 11 is 5.95. The summed E-state index contributed by atoms with van der Waals surface area (Å²) in [6, 6.07) is 10.6. The van der Waals surface area contributed by atoms with Gasteiger partial charge in [-0.15, -0.1) is 0 Å². The summed E-state index contributed by atoms with van der Waals surface area (Å²) in [4.78, 5) is 2.48. The van der Waals surface area contributed by atoms with Crippen LogP contribution in [-0.4, -0.2) is 16.6 Å². The molecule has 1 aliphatic rings. The van der Waals surface area contributed by atoms with Gasteiger partial charge >= 0.3 is 0 Å². The summed E-state index contributed by atoms with van der Waals surface area (Å²) in [6.45, 7) is 4.21. The molecule has 0 N–H and O–H groups in total. The number of aryl methyl sites for hydroxylation is 1. The fourth-order valence-corrected chi connectivity index (χ4v) is 3.15. The molecule has 1 aromatic heterocycles.